The molecule has 0 atom stereocenters. The molecule has 0 radical (unpaired) electrons. The van der Waals surface area contributed by atoms with Gasteiger partial charge in [0.25, 0.3) is 28.5 Å². The van der Waals surface area contributed by atoms with Crippen LogP contribution in [0.25, 0.3) is 39.2 Å². The van der Waals surface area contributed by atoms with Gasteiger partial charge in [0.2, 0.25) is 0 Å². The van der Waals surface area contributed by atoms with Gasteiger partial charge in [0.1, 0.15) is 51.6 Å². The van der Waals surface area contributed by atoms with Crippen LogP contribution in [-0.2, 0) is 28.1 Å². The number of nitrogen functional groups attached to an aromatic ring is 3. The van der Waals surface area contributed by atoms with Gasteiger partial charge in [-0.25, -0.2) is 61.5 Å². The molecule has 0 unspecified atom stereocenters. The molecule has 11 heterocycles. The Kier molecular flexibility index (Phi) is 32.1. The van der Waals surface area contributed by atoms with Crippen LogP contribution in [-0.4, -0.2) is 175 Å². The molecule has 0 spiro atoms. The Balaban J connectivity index is 0.000000160. The van der Waals surface area contributed by atoms with E-state index in [4.69, 9.17) is 50.4 Å². The van der Waals surface area contributed by atoms with Crippen molar-refractivity contribution in [1.82, 2.24) is 66.4 Å². The van der Waals surface area contributed by atoms with Crippen molar-refractivity contribution in [3.05, 3.63) is 302 Å². The standard InChI is InChI=1S/C36H40N8O5.C26H30BN3O5.C16H22BrN5O2.C14H14N2O4.C12H18BNO2/c1-22(2)42-20-28(33(46)43(34(42)47)26-9-7-6-8-10-26)32(45)40-25-13-11-23(12-14-25)27-19-29(44-30(27)31(37)38-21-39-44)24-15-17-41(18-16-24)35(48)49-36(3,4)5;1-17(2)29-16-21(23(32)30(24(29)33)20-10-8-7-9-11-20)22(31)28-19-14-12-18(13-15-19)27-34-25(3,4)26(5,6)35-27;1-16(2,3)24-15(23)21-6-4-10(5-7-21)12-8-11(17)13-14(18)19-9-20-22(12)13;1-9(2)15-8-11(13(18)19)12(17)16(14(15)20)10-6-4-3-5-7-10;1-11(2)12(3,4)16-13(15-11)9-5-7-10(14)8-6-9/h6-14,19-22,24H,15-18H2,1-5H3,(H,40,45)(H2,37,38,39);7-17H,1-6H3,(H,28,31);8-10H,4-7H2,1-3H3,(H2,18,19,20);3-9H,1-2H3,(H,18,19);5-8H,14H2,1-4H3. The lowest BCUT2D eigenvalue weighted by Crippen LogP contribution is -2.42. The second-order valence-corrected chi connectivity index (χ2v) is 41.2. The second kappa shape index (κ2) is 43.3. The van der Waals surface area contributed by atoms with Crippen LogP contribution in [0.2, 0.25) is 0 Å². The summed E-state index contributed by atoms with van der Waals surface area (Å²) < 4.78 is 46.5. The fraction of sp³-hybridized carbons (Fsp3) is 0.375. The van der Waals surface area contributed by atoms with E-state index >= 15 is 0 Å². The van der Waals surface area contributed by atoms with Gasteiger partial charge in [-0.15, -0.1) is 0 Å². The third kappa shape index (κ3) is 24.0. The molecule has 37 nitrogen and oxygen atoms in total. The molecule has 17 rings (SSSR count). The summed E-state index contributed by atoms with van der Waals surface area (Å²) in [5, 5.41) is 23.5. The van der Waals surface area contributed by atoms with Crippen molar-refractivity contribution in [2.75, 3.05) is 54.0 Å². The first-order chi connectivity index (χ1) is 67.7. The van der Waals surface area contributed by atoms with Crippen LogP contribution >= 0.6 is 15.9 Å². The Bertz CT molecular complexity index is 7240. The molecule has 4 amide bonds. The number of aromatic nitrogens is 12. The number of rotatable bonds is 16. The summed E-state index contributed by atoms with van der Waals surface area (Å²) >= 11 is 3.54. The number of benzene rings is 6. The van der Waals surface area contributed by atoms with E-state index in [1.54, 1.807) is 139 Å². The Morgan fingerprint density at radius 2 is 0.757 bits per heavy atom. The number of amides is 4. The van der Waals surface area contributed by atoms with Crippen LogP contribution in [0.3, 0.4) is 0 Å². The maximum absolute atomic E-state index is 13.5. The Hall–Kier alpha value is -14.6. The van der Waals surface area contributed by atoms with Crippen molar-refractivity contribution in [3.8, 4) is 28.2 Å². The number of ether oxygens (including phenoxy) is 2. The summed E-state index contributed by atoms with van der Waals surface area (Å²) in [5.41, 5.74) is 20.8. The predicted octanol–water partition coefficient (Wildman–Crippen LogP) is 14.4. The number of para-hydroxylation sites is 3. The van der Waals surface area contributed by atoms with Crippen LogP contribution in [0.4, 0.5) is 38.3 Å². The molecule has 13 aromatic rings. The van der Waals surface area contributed by atoms with Crippen LogP contribution in [0.15, 0.2) is 240 Å². The van der Waals surface area contributed by atoms with Gasteiger partial charge in [-0.05, 0) is 282 Å². The topological polar surface area (TPSA) is 462 Å². The Morgan fingerprint density at radius 1 is 0.444 bits per heavy atom. The van der Waals surface area contributed by atoms with E-state index in [0.717, 1.165) is 94.7 Å². The van der Waals surface area contributed by atoms with Gasteiger partial charge in [-0.3, -0.25) is 37.7 Å². The van der Waals surface area contributed by atoms with Gasteiger partial charge in [0.05, 0.1) is 39.5 Å². The normalized spacial score (nSPS) is 15.5. The molecular formula is C104H124B2BrN19O18. The number of hydrogen-bond donors (Lipinski definition) is 6. The number of anilines is 5. The first-order valence-electron chi connectivity index (χ1n) is 47.5. The van der Waals surface area contributed by atoms with E-state index in [1.807, 2.05) is 188 Å². The van der Waals surface area contributed by atoms with Crippen molar-refractivity contribution in [2.24, 2.45) is 0 Å². The van der Waals surface area contributed by atoms with Gasteiger partial charge in [0, 0.05) is 113 Å². The minimum Gasteiger partial charge on any atom is -0.477 e. The zero-order valence-electron chi connectivity index (χ0n) is 84.6. The van der Waals surface area contributed by atoms with Gasteiger partial charge in [-0.1, -0.05) is 91.0 Å². The quantitative estimate of drug-likeness (QED) is 0.0386. The zero-order chi connectivity index (χ0) is 105. The van der Waals surface area contributed by atoms with Crippen LogP contribution < -0.4 is 72.5 Å². The van der Waals surface area contributed by atoms with E-state index in [-0.39, 0.29) is 65.7 Å². The molecule has 0 bridgehead atoms. The van der Waals surface area contributed by atoms with E-state index in [1.165, 1.54) is 38.7 Å². The van der Waals surface area contributed by atoms with Gasteiger partial charge in [0.15, 0.2) is 11.6 Å². The Morgan fingerprint density at radius 3 is 1.10 bits per heavy atom. The summed E-state index contributed by atoms with van der Waals surface area (Å²) in [4.78, 5) is 152. The highest BCUT2D eigenvalue weighted by Crippen LogP contribution is 2.41. The molecule has 0 saturated carbocycles. The molecule has 756 valence electrons. The van der Waals surface area contributed by atoms with Crippen molar-refractivity contribution in [1.29, 1.82) is 0 Å². The lowest BCUT2D eigenvalue weighted by molar-refractivity contribution is 0.00578. The number of likely N-dealkylation sites (tertiary alicyclic amines) is 2. The van der Waals surface area contributed by atoms with Crippen molar-refractivity contribution in [3.63, 3.8) is 0 Å². The number of nitrogens with two attached hydrogens (primary N) is 3. The minimum atomic E-state index is -1.35. The van der Waals surface area contributed by atoms with Crippen LogP contribution in [0.5, 0.6) is 0 Å². The molecule has 4 aliphatic heterocycles. The fourth-order valence-corrected chi connectivity index (χ4v) is 17.1. The summed E-state index contributed by atoms with van der Waals surface area (Å²) in [6.07, 6.45) is 9.26. The summed E-state index contributed by atoms with van der Waals surface area (Å²) in [5.74, 6) is -1.36. The highest BCUT2D eigenvalue weighted by molar-refractivity contribution is 9.10. The van der Waals surface area contributed by atoms with Gasteiger partial charge >= 0.3 is 49.5 Å². The van der Waals surface area contributed by atoms with Crippen molar-refractivity contribution >= 4 is 111 Å². The molecule has 0 aliphatic carbocycles. The number of nitrogens with zero attached hydrogens (tertiary/aromatic N) is 14. The number of halogens is 1. The first-order valence-corrected chi connectivity index (χ1v) is 48.3. The maximum atomic E-state index is 13.5. The third-order valence-electron chi connectivity index (χ3n) is 25.7. The highest BCUT2D eigenvalue weighted by atomic mass is 79.9. The summed E-state index contributed by atoms with van der Waals surface area (Å²) in [7, 11) is -0.817. The fourth-order valence-electron chi connectivity index (χ4n) is 16.5. The second-order valence-electron chi connectivity index (χ2n) is 40.4. The third-order valence-corrected chi connectivity index (χ3v) is 26.3. The smallest absolute Gasteiger partial charge is 0.477 e. The monoisotopic (exact) mass is 2030 g/mol. The summed E-state index contributed by atoms with van der Waals surface area (Å²) in [6, 6.07) is 50.6. The molecule has 4 fully saturated rings. The average molecular weight is 2030 g/mol. The number of carboxylic acid groups (broad SMARTS) is 1. The molecule has 144 heavy (non-hydrogen) atoms. The first kappa shape index (κ1) is 107. The molecule has 6 aromatic carbocycles. The molecule has 4 saturated heterocycles. The van der Waals surface area contributed by atoms with E-state index in [0.29, 0.717) is 77.7 Å². The lowest BCUT2D eigenvalue weighted by atomic mass is 9.79. The lowest BCUT2D eigenvalue weighted by Gasteiger charge is -2.33. The average Bonchev–Trinajstić information content (AvgIpc) is 1.64. The largest absolute Gasteiger partial charge is 0.494 e. The number of carbonyl (C=O) groups excluding carboxylic acids is 4. The summed E-state index contributed by atoms with van der Waals surface area (Å²) in [6.45, 7) is 40.5. The van der Waals surface area contributed by atoms with Gasteiger partial charge < -0.3 is 70.8 Å². The number of piperidine rings is 2. The number of fused-ring (bicyclic) bond motifs is 2. The number of carbonyl (C=O) groups is 5. The van der Waals surface area contributed by atoms with Crippen LogP contribution in [0, 0.1) is 0 Å². The highest BCUT2D eigenvalue weighted by Gasteiger charge is 2.53. The minimum absolute atomic E-state index is 0.127. The number of carboxylic acids is 1. The molecule has 9 N–H and O–H groups in total. The predicted molar refractivity (Wildman–Crippen MR) is 559 cm³/mol. The van der Waals surface area contributed by atoms with E-state index in [9.17, 15) is 52.7 Å². The molecular weight excluding hydrogens is 1900 g/mol. The van der Waals surface area contributed by atoms with Crippen molar-refractivity contribution < 1.29 is 57.2 Å². The zero-order valence-corrected chi connectivity index (χ0v) is 86.2. The van der Waals surface area contributed by atoms with E-state index in [2.05, 4.69) is 52.8 Å². The molecule has 4 aliphatic rings. The Labute approximate surface area is 841 Å². The van der Waals surface area contributed by atoms with E-state index < -0.39 is 86.6 Å². The SMILES string of the molecule is CC(C)(C)OC(=O)N1CCC(c2cc(Br)c3c(N)ncnn23)CC1.CC(C)n1cc(C(=O)Nc2ccc(-c3cc(C4CCN(C(=O)OC(C)(C)C)CC4)n4ncnc(N)c34)cc2)c(=O)n(-c2ccccc2)c1=O.CC(C)n1cc(C(=O)Nc2ccc(B3OC(C)(C)C(C)(C)O3)cc2)c(=O)n(-c2ccccc2)c1=O.CC(C)n1cc(C(=O)O)c(=O)n(-c2ccccc2)c1=O.CC1(C)OB(c2ccc(N)cc2)OC1(C)C. The van der Waals surface area contributed by atoms with Crippen molar-refractivity contribution in [2.45, 2.75) is 228 Å². The maximum Gasteiger partial charge on any atom is 0.494 e. The number of hydrogen-bond acceptors (Lipinski definition) is 24. The molecule has 40 heteroatoms. The number of aromatic carboxylic acids is 1. The van der Waals surface area contributed by atoms with Crippen LogP contribution in [0.1, 0.15) is 237 Å². The van der Waals surface area contributed by atoms with Gasteiger partial charge in [-0.2, -0.15) is 10.2 Å². The number of nitrogens with one attached hydrogen (secondary N) is 2. The molecule has 7 aromatic heterocycles.